The second kappa shape index (κ2) is 47.6. The molecule has 0 aliphatic carbocycles. The van der Waals surface area contributed by atoms with E-state index in [2.05, 4.69) is 13.8 Å². The molecule has 0 atom stereocenters. The third-order valence-corrected chi connectivity index (χ3v) is 6.62. The number of aliphatic hydroxyl groups is 1. The number of aliphatic hydroxyl groups excluding tert-OH is 1. The molecule has 0 radical (unpaired) electrons. The van der Waals surface area contributed by atoms with E-state index in [0.717, 1.165) is 25.7 Å². The lowest BCUT2D eigenvalue weighted by molar-refractivity contribution is -0.138. The molecule has 8 nitrogen and oxygen atoms in total. The first-order chi connectivity index (χ1) is 18.5. The summed E-state index contributed by atoms with van der Waals surface area (Å²) in [5, 5.41) is 24.7. The molecule has 0 saturated carbocycles. The number of aliphatic carboxylic acids is 2. The second-order valence-corrected chi connectivity index (χ2v) is 10.6. The molecule has 0 fully saturated rings. The van der Waals surface area contributed by atoms with Gasteiger partial charge in [0.05, 0.1) is 6.61 Å². The van der Waals surface area contributed by atoms with Crippen LogP contribution in [0.25, 0.3) is 0 Å². The van der Waals surface area contributed by atoms with Crippen LogP contribution in [0.3, 0.4) is 0 Å². The van der Waals surface area contributed by atoms with Crippen LogP contribution >= 0.6 is 0 Å². The van der Waals surface area contributed by atoms with Crippen LogP contribution < -0.4 is 18.0 Å². The Morgan fingerprint density at radius 1 is 0.450 bits per heavy atom. The number of carboxylic acids is 2. The average molecular weight is 580 g/mol. The maximum Gasteiger partial charge on any atom is 0.303 e. The van der Waals surface area contributed by atoms with Gasteiger partial charge in [0.15, 0.2) is 0 Å². The van der Waals surface area contributed by atoms with E-state index in [4.69, 9.17) is 21.1 Å². The molecule has 0 spiro atoms. The number of carbonyl (C=O) groups is 2. The zero-order valence-electron chi connectivity index (χ0n) is 26.9. The van der Waals surface area contributed by atoms with Crippen LogP contribution in [0.1, 0.15) is 181 Å². The van der Waals surface area contributed by atoms with E-state index in [0.29, 0.717) is 19.4 Å². The maximum atomic E-state index is 10.3. The van der Waals surface area contributed by atoms with Crippen molar-refractivity contribution in [2.24, 2.45) is 5.73 Å². The van der Waals surface area contributed by atoms with E-state index in [-0.39, 0.29) is 18.9 Å². The predicted octanol–water partition coefficient (Wildman–Crippen LogP) is 9.59. The van der Waals surface area contributed by atoms with E-state index in [1.54, 1.807) is 0 Å². The minimum Gasteiger partial charge on any atom is -0.481 e. The van der Waals surface area contributed by atoms with Gasteiger partial charge in [-0.15, -0.1) is 0 Å². The number of carboxylic acid groups (broad SMARTS) is 2. The fourth-order valence-electron chi connectivity index (χ4n) is 4.23. The van der Waals surface area contributed by atoms with Crippen LogP contribution in [0.2, 0.25) is 0 Å². The van der Waals surface area contributed by atoms with Gasteiger partial charge in [-0.1, -0.05) is 155 Å². The highest BCUT2D eigenvalue weighted by Gasteiger charge is 1.98. The standard InChI is InChI=1S/C18H36O2.C12H24O2.C2H7NO.2H3N/c1-2-3-4-5-6-7-8-9-10-11-12-13-14-15-16-17-18(19)20;1-2-3-4-5-6-7-8-9-10-11-12(13)14;3-1-2-4;;/h2-17H2,1H3,(H,19,20);2-11H2,1H3,(H,13,14);4H,1-3H2;2*1H3. The zero-order chi connectivity index (χ0) is 29.0. The van der Waals surface area contributed by atoms with Crippen molar-refractivity contribution in [3.8, 4) is 0 Å². The van der Waals surface area contributed by atoms with Crippen LogP contribution in [0.5, 0.6) is 0 Å². The fraction of sp³-hybridized carbons (Fsp3) is 0.938. The van der Waals surface area contributed by atoms with Crippen molar-refractivity contribution >= 4 is 11.9 Å². The average Bonchev–Trinajstić information content (AvgIpc) is 2.90. The third-order valence-electron chi connectivity index (χ3n) is 6.62. The van der Waals surface area contributed by atoms with Crippen molar-refractivity contribution in [3.63, 3.8) is 0 Å². The van der Waals surface area contributed by atoms with Crippen LogP contribution in [0.15, 0.2) is 0 Å². The first-order valence-corrected chi connectivity index (χ1v) is 16.2. The molecular formula is C32H73N3O5. The molecule has 0 rings (SSSR count). The monoisotopic (exact) mass is 580 g/mol. The first-order valence-electron chi connectivity index (χ1n) is 16.2. The quantitative estimate of drug-likeness (QED) is 0.0518. The van der Waals surface area contributed by atoms with Crippen LogP contribution in [-0.4, -0.2) is 40.4 Å². The molecule has 0 aliphatic heterocycles. The molecule has 0 bridgehead atoms. The molecule has 0 aliphatic rings. The molecule has 0 aromatic carbocycles. The van der Waals surface area contributed by atoms with Crippen molar-refractivity contribution in [1.82, 2.24) is 12.3 Å². The van der Waals surface area contributed by atoms with Crippen molar-refractivity contribution in [2.75, 3.05) is 13.2 Å². The van der Waals surface area contributed by atoms with Gasteiger partial charge in [-0.25, -0.2) is 0 Å². The molecule has 11 N–H and O–H groups in total. The minimum atomic E-state index is -0.659. The molecular weight excluding hydrogens is 506 g/mol. The molecule has 0 aromatic rings. The molecule has 0 heterocycles. The van der Waals surface area contributed by atoms with Gasteiger partial charge < -0.3 is 33.4 Å². The van der Waals surface area contributed by atoms with Gasteiger partial charge in [0.1, 0.15) is 0 Å². The molecule has 0 saturated heterocycles. The Morgan fingerprint density at radius 2 is 0.625 bits per heavy atom. The van der Waals surface area contributed by atoms with Gasteiger partial charge in [0, 0.05) is 19.4 Å². The van der Waals surface area contributed by atoms with Gasteiger partial charge in [0.25, 0.3) is 0 Å². The van der Waals surface area contributed by atoms with Gasteiger partial charge >= 0.3 is 11.9 Å². The largest absolute Gasteiger partial charge is 0.481 e. The van der Waals surface area contributed by atoms with Crippen LogP contribution in [0.4, 0.5) is 0 Å². The number of nitrogens with two attached hydrogens (primary N) is 1. The summed E-state index contributed by atoms with van der Waals surface area (Å²) in [6, 6.07) is 0. The molecule has 8 heteroatoms. The van der Waals surface area contributed by atoms with Gasteiger partial charge in [-0.05, 0) is 12.8 Å². The summed E-state index contributed by atoms with van der Waals surface area (Å²) in [6.45, 7) is 4.97. The first kappa shape index (κ1) is 48.5. The number of rotatable bonds is 27. The van der Waals surface area contributed by atoms with Crippen LogP contribution in [0, 0.1) is 0 Å². The van der Waals surface area contributed by atoms with Gasteiger partial charge in [-0.2, -0.15) is 0 Å². The molecule has 246 valence electrons. The molecule has 0 amide bonds. The van der Waals surface area contributed by atoms with E-state index in [1.165, 1.54) is 128 Å². The summed E-state index contributed by atoms with van der Waals surface area (Å²) >= 11 is 0. The highest BCUT2D eigenvalue weighted by Crippen LogP contribution is 2.14. The topological polar surface area (TPSA) is 191 Å². The second-order valence-electron chi connectivity index (χ2n) is 10.6. The van der Waals surface area contributed by atoms with Crippen molar-refractivity contribution < 1.29 is 24.9 Å². The van der Waals surface area contributed by atoms with Crippen LogP contribution in [-0.2, 0) is 9.59 Å². The van der Waals surface area contributed by atoms with E-state index >= 15 is 0 Å². The Balaban J connectivity index is -0.000000179. The van der Waals surface area contributed by atoms with Crippen molar-refractivity contribution in [1.29, 1.82) is 0 Å². The highest BCUT2D eigenvalue weighted by atomic mass is 16.4. The van der Waals surface area contributed by atoms with E-state index < -0.39 is 11.9 Å². The normalized spacial score (nSPS) is 9.80. The summed E-state index contributed by atoms with van der Waals surface area (Å²) in [6.07, 6.45) is 31.7. The lowest BCUT2D eigenvalue weighted by Gasteiger charge is -2.03. The summed E-state index contributed by atoms with van der Waals surface area (Å²) in [5.74, 6) is -1.31. The summed E-state index contributed by atoms with van der Waals surface area (Å²) in [5.41, 5.74) is 4.78. The Morgan fingerprint density at radius 3 is 0.775 bits per heavy atom. The Kier molecular flexibility index (Phi) is 57.7. The number of hydrogen-bond acceptors (Lipinski definition) is 6. The number of hydrogen-bond donors (Lipinski definition) is 6. The Hall–Kier alpha value is -1.22. The predicted molar refractivity (Wildman–Crippen MR) is 173 cm³/mol. The zero-order valence-corrected chi connectivity index (χ0v) is 26.9. The smallest absolute Gasteiger partial charge is 0.303 e. The van der Waals surface area contributed by atoms with Crippen molar-refractivity contribution in [3.05, 3.63) is 0 Å². The van der Waals surface area contributed by atoms with E-state index in [1.807, 2.05) is 0 Å². The van der Waals surface area contributed by atoms with E-state index in [9.17, 15) is 9.59 Å². The molecule has 40 heavy (non-hydrogen) atoms. The van der Waals surface area contributed by atoms with Gasteiger partial charge in [0.2, 0.25) is 0 Å². The Labute approximate surface area is 248 Å². The van der Waals surface area contributed by atoms with Gasteiger partial charge in [-0.3, -0.25) is 9.59 Å². The highest BCUT2D eigenvalue weighted by molar-refractivity contribution is 5.66. The summed E-state index contributed by atoms with van der Waals surface area (Å²) in [7, 11) is 0. The lowest BCUT2D eigenvalue weighted by Crippen LogP contribution is -2.02. The lowest BCUT2D eigenvalue weighted by atomic mass is 10.0. The fourth-order valence-corrected chi connectivity index (χ4v) is 4.23. The SMILES string of the molecule is CCCCCCCCCCCC(=O)O.CCCCCCCCCCCCCCCCCC(=O)O.N.N.NCCO. The molecule has 0 aromatic heterocycles. The molecule has 0 unspecified atom stereocenters. The maximum absolute atomic E-state index is 10.3. The van der Waals surface area contributed by atoms with Crippen molar-refractivity contribution in [2.45, 2.75) is 181 Å². The summed E-state index contributed by atoms with van der Waals surface area (Å²) < 4.78 is 0. The minimum absolute atomic E-state index is 0. The third kappa shape index (κ3) is 61.0. The Bertz CT molecular complexity index is 452. The number of unbranched alkanes of at least 4 members (excludes halogenated alkanes) is 22. The summed E-state index contributed by atoms with van der Waals surface area (Å²) in [4.78, 5) is 20.5.